The molecule has 29 heavy (non-hydrogen) atoms. The van der Waals surface area contributed by atoms with E-state index in [1.807, 2.05) is 30.3 Å². The van der Waals surface area contributed by atoms with Gasteiger partial charge in [0.25, 0.3) is 0 Å². The molecule has 5 rings (SSSR count). The van der Waals surface area contributed by atoms with Crippen LogP contribution in [-0.4, -0.2) is 59.6 Å². The van der Waals surface area contributed by atoms with Crippen LogP contribution in [0.3, 0.4) is 0 Å². The fraction of sp³-hybridized carbons (Fsp3) is 0.696. The number of aliphatic hydroxyl groups excluding tert-OH is 2. The summed E-state index contributed by atoms with van der Waals surface area (Å²) in [5.74, 6) is 2.09. The van der Waals surface area contributed by atoms with Crippen molar-refractivity contribution < 1.29 is 19.7 Å². The van der Waals surface area contributed by atoms with Crippen LogP contribution in [0.4, 0.5) is 4.79 Å². The molecule has 2 saturated heterocycles. The van der Waals surface area contributed by atoms with Gasteiger partial charge in [0.1, 0.15) is 6.61 Å². The fourth-order valence-electron chi connectivity index (χ4n) is 5.32. The number of likely N-dealkylation sites (tertiary alicyclic amines) is 1. The summed E-state index contributed by atoms with van der Waals surface area (Å²) in [5.41, 5.74) is 0.996. The molecule has 1 aromatic carbocycles. The van der Waals surface area contributed by atoms with Crippen LogP contribution in [0.2, 0.25) is 0 Å². The van der Waals surface area contributed by atoms with Gasteiger partial charge in [-0.3, -0.25) is 0 Å². The highest BCUT2D eigenvalue weighted by Gasteiger charge is 2.43. The van der Waals surface area contributed by atoms with Crippen molar-refractivity contribution in [1.82, 2.24) is 10.2 Å². The van der Waals surface area contributed by atoms with Crippen molar-refractivity contribution in [3.63, 3.8) is 0 Å². The van der Waals surface area contributed by atoms with Gasteiger partial charge in [-0.2, -0.15) is 0 Å². The van der Waals surface area contributed by atoms with Crippen LogP contribution >= 0.6 is 0 Å². The lowest BCUT2D eigenvalue weighted by Gasteiger charge is -2.18. The van der Waals surface area contributed by atoms with E-state index in [1.54, 1.807) is 4.90 Å². The lowest BCUT2D eigenvalue weighted by Crippen LogP contribution is -2.31. The third kappa shape index (κ3) is 5.11. The zero-order valence-corrected chi connectivity index (χ0v) is 16.4. The minimum absolute atomic E-state index is 0. The number of hydrogen-bond acceptors (Lipinski definition) is 5. The minimum Gasteiger partial charge on any atom is -0.445 e. The lowest BCUT2D eigenvalue weighted by molar-refractivity contribution is 0.0924. The van der Waals surface area contributed by atoms with Gasteiger partial charge in [0.2, 0.25) is 0 Å². The average Bonchev–Trinajstić information content (AvgIpc) is 3.47. The average molecular weight is 405 g/mol. The molecule has 0 aromatic heterocycles. The molecule has 1 amide bonds. The molecule has 4 aliphatic rings. The molecule has 2 heterocycles. The number of carbonyl (C=O) groups excluding carboxylic acids is 1. The second-order valence-corrected chi connectivity index (χ2v) is 8.74. The van der Waals surface area contributed by atoms with Gasteiger partial charge in [-0.15, -0.1) is 0 Å². The summed E-state index contributed by atoms with van der Waals surface area (Å²) in [6.45, 7) is 3.87. The molecule has 1 aromatic rings. The highest BCUT2D eigenvalue weighted by atomic mass is 16.6. The highest BCUT2D eigenvalue weighted by molar-refractivity contribution is 5.68. The van der Waals surface area contributed by atoms with Gasteiger partial charge < -0.3 is 25.2 Å². The topological polar surface area (TPSA) is 82.0 Å². The monoisotopic (exact) mass is 404 g/mol. The predicted molar refractivity (Wildman–Crippen MR) is 112 cm³/mol. The first-order chi connectivity index (χ1) is 13.6. The molecule has 6 heteroatoms. The molecule has 6 nitrogen and oxygen atoms in total. The molecule has 6 atom stereocenters. The number of rotatable bonds is 2. The molecule has 0 bridgehead atoms. The van der Waals surface area contributed by atoms with Gasteiger partial charge in [-0.05, 0) is 49.6 Å². The van der Waals surface area contributed by atoms with Crippen LogP contribution in [-0.2, 0) is 11.3 Å². The predicted octanol–water partition coefficient (Wildman–Crippen LogP) is 2.64. The van der Waals surface area contributed by atoms with Crippen molar-refractivity contribution in [2.24, 2.45) is 23.7 Å². The number of amides is 1. The maximum atomic E-state index is 12.0. The molecular weight excluding hydrogens is 368 g/mol. The van der Waals surface area contributed by atoms with E-state index >= 15 is 0 Å². The van der Waals surface area contributed by atoms with E-state index in [9.17, 15) is 15.0 Å². The Kier molecular flexibility index (Phi) is 7.55. The maximum Gasteiger partial charge on any atom is 0.410 e. The maximum absolute atomic E-state index is 12.0. The van der Waals surface area contributed by atoms with Gasteiger partial charge in [0, 0.05) is 31.5 Å². The van der Waals surface area contributed by atoms with Crippen LogP contribution in [0.1, 0.15) is 38.7 Å². The van der Waals surface area contributed by atoms with Crippen LogP contribution in [0.5, 0.6) is 0 Å². The van der Waals surface area contributed by atoms with Crippen LogP contribution in [0.15, 0.2) is 30.3 Å². The van der Waals surface area contributed by atoms with Crippen molar-refractivity contribution in [1.29, 1.82) is 0 Å². The van der Waals surface area contributed by atoms with E-state index in [2.05, 4.69) is 5.32 Å². The lowest BCUT2D eigenvalue weighted by atomic mass is 10.00. The number of nitrogens with zero attached hydrogens (tertiary/aromatic N) is 1. The smallest absolute Gasteiger partial charge is 0.410 e. The Labute approximate surface area is 174 Å². The summed E-state index contributed by atoms with van der Waals surface area (Å²) in [7, 11) is 0. The van der Waals surface area contributed by atoms with Gasteiger partial charge in [0.05, 0.1) is 12.2 Å². The summed E-state index contributed by atoms with van der Waals surface area (Å²) >= 11 is 0. The van der Waals surface area contributed by atoms with Crippen LogP contribution < -0.4 is 5.32 Å². The Morgan fingerprint density at radius 2 is 1.66 bits per heavy atom. The Morgan fingerprint density at radius 1 is 0.966 bits per heavy atom. The van der Waals surface area contributed by atoms with Crippen LogP contribution in [0, 0.1) is 23.7 Å². The number of benzene rings is 1. The molecule has 0 unspecified atom stereocenters. The molecule has 2 saturated carbocycles. The molecule has 0 radical (unpaired) electrons. The molecule has 2 aliphatic heterocycles. The fourth-order valence-corrected chi connectivity index (χ4v) is 5.32. The molecule has 0 spiro atoms. The summed E-state index contributed by atoms with van der Waals surface area (Å²) in [5, 5.41) is 22.5. The number of hydrogen-bond donors (Lipinski definition) is 3. The Bertz CT molecular complexity index is 656. The molecule has 4 fully saturated rings. The van der Waals surface area contributed by atoms with Gasteiger partial charge in [-0.1, -0.05) is 37.8 Å². The summed E-state index contributed by atoms with van der Waals surface area (Å²) in [6, 6.07) is 9.68. The Hall–Kier alpha value is -1.63. The number of aliphatic hydroxyl groups is 2. The van der Waals surface area contributed by atoms with Crippen molar-refractivity contribution in [2.75, 3.05) is 26.2 Å². The summed E-state index contributed by atoms with van der Waals surface area (Å²) in [4.78, 5) is 13.7. The first kappa shape index (κ1) is 22.1. The van der Waals surface area contributed by atoms with E-state index in [4.69, 9.17) is 4.74 Å². The van der Waals surface area contributed by atoms with Gasteiger partial charge >= 0.3 is 6.09 Å². The van der Waals surface area contributed by atoms with E-state index in [0.717, 1.165) is 50.4 Å². The first-order valence-electron chi connectivity index (χ1n) is 10.6. The van der Waals surface area contributed by atoms with Crippen molar-refractivity contribution in [3.8, 4) is 0 Å². The number of nitrogens with one attached hydrogen (secondary N) is 1. The molecule has 3 N–H and O–H groups in total. The second-order valence-electron chi connectivity index (χ2n) is 8.74. The van der Waals surface area contributed by atoms with E-state index in [1.165, 1.54) is 6.42 Å². The van der Waals surface area contributed by atoms with Gasteiger partial charge in [0.15, 0.2) is 0 Å². The van der Waals surface area contributed by atoms with Crippen molar-refractivity contribution >= 4 is 6.09 Å². The SMILES string of the molecule is C.O=C(OCc1ccccc1)N1C[C@@H]2CC[C@H](O)[C@@H]2C1.O[C@H]1CC[C@H]2CNC[C@H]21. The van der Waals surface area contributed by atoms with E-state index in [-0.39, 0.29) is 31.6 Å². The molecular formula is C23H36N2O4. The van der Waals surface area contributed by atoms with Crippen molar-refractivity contribution in [3.05, 3.63) is 35.9 Å². The Balaban J connectivity index is 0.000000201. The largest absolute Gasteiger partial charge is 0.445 e. The third-order valence-electron chi connectivity index (χ3n) is 7.00. The van der Waals surface area contributed by atoms with E-state index < -0.39 is 0 Å². The number of carbonyl (C=O) groups is 1. The summed E-state index contributed by atoms with van der Waals surface area (Å²) in [6.07, 6.45) is 3.68. The minimum atomic E-state index is -0.259. The normalized spacial score (nSPS) is 34.6. The standard InChI is InChI=1S/C15H19NO3.C7H13NO.CH4/c17-14-7-6-12-8-16(9-13(12)14)15(18)19-10-11-4-2-1-3-5-11;9-7-2-1-5-3-8-4-6(5)7;/h1-5,12-14,17H,6-10H2;5-9H,1-4H2;1H4/t12-,13+,14-;5-,6+,7-;/m00./s1. The summed E-state index contributed by atoms with van der Waals surface area (Å²) < 4.78 is 5.32. The Morgan fingerprint density at radius 3 is 2.34 bits per heavy atom. The zero-order chi connectivity index (χ0) is 19.5. The molecule has 162 valence electrons. The molecule has 2 aliphatic carbocycles. The number of fused-ring (bicyclic) bond motifs is 2. The number of ether oxygens (including phenoxy) is 1. The van der Waals surface area contributed by atoms with E-state index in [0.29, 0.717) is 25.0 Å². The highest BCUT2D eigenvalue weighted by Crippen LogP contribution is 2.38. The second kappa shape index (κ2) is 9.92. The van der Waals surface area contributed by atoms with Gasteiger partial charge in [-0.25, -0.2) is 4.79 Å². The third-order valence-corrected chi connectivity index (χ3v) is 7.00. The zero-order valence-electron chi connectivity index (χ0n) is 16.4. The van der Waals surface area contributed by atoms with Crippen LogP contribution in [0.25, 0.3) is 0 Å². The quantitative estimate of drug-likeness (QED) is 0.706. The first-order valence-corrected chi connectivity index (χ1v) is 10.6. The van der Waals surface area contributed by atoms with Crippen molar-refractivity contribution in [2.45, 2.75) is 51.9 Å².